The van der Waals surface area contributed by atoms with E-state index in [-0.39, 0.29) is 11.8 Å². The van der Waals surface area contributed by atoms with Gasteiger partial charge in [-0.3, -0.25) is 14.9 Å². The molecule has 2 aliphatic heterocycles. The Morgan fingerprint density at radius 2 is 2.06 bits per heavy atom. The third kappa shape index (κ3) is 1.97. The summed E-state index contributed by atoms with van der Waals surface area (Å²) in [4.78, 5) is 22.9. The molecular weight excluding hydrogens is 230 g/mol. The third-order valence-electron chi connectivity index (χ3n) is 3.45. The summed E-state index contributed by atoms with van der Waals surface area (Å²) in [6.07, 6.45) is 2.39. The maximum atomic E-state index is 11.5. The van der Waals surface area contributed by atoms with Gasteiger partial charge in [0.25, 0.3) is 11.8 Å². The van der Waals surface area contributed by atoms with Crippen molar-refractivity contribution in [2.75, 3.05) is 18.4 Å². The Morgan fingerprint density at radius 3 is 2.83 bits per heavy atom. The molecule has 3 rings (SSSR count). The van der Waals surface area contributed by atoms with Gasteiger partial charge in [0.2, 0.25) is 0 Å². The van der Waals surface area contributed by atoms with Gasteiger partial charge in [-0.1, -0.05) is 0 Å². The van der Waals surface area contributed by atoms with E-state index in [2.05, 4.69) is 16.0 Å². The predicted molar refractivity (Wildman–Crippen MR) is 67.8 cm³/mol. The van der Waals surface area contributed by atoms with Crippen molar-refractivity contribution in [3.05, 3.63) is 29.3 Å². The predicted octanol–water partition coefficient (Wildman–Crippen LogP) is 0.734. The number of carbonyl (C=O) groups is 2. The average molecular weight is 245 g/mol. The molecule has 1 unspecified atom stereocenters. The van der Waals surface area contributed by atoms with Crippen molar-refractivity contribution in [1.29, 1.82) is 0 Å². The van der Waals surface area contributed by atoms with E-state index in [4.69, 9.17) is 0 Å². The lowest BCUT2D eigenvalue weighted by Crippen LogP contribution is -2.29. The number of hydrogen-bond donors (Lipinski definition) is 3. The number of imide groups is 1. The Bertz CT molecular complexity index is 507. The fraction of sp³-hybridized carbons (Fsp3) is 0.385. The molecule has 0 aromatic heterocycles. The second-order valence-electron chi connectivity index (χ2n) is 4.72. The lowest BCUT2D eigenvalue weighted by Gasteiger charge is -2.12. The SMILES string of the molecule is O=C1NC(=O)c2cc(NCC3CCCN3)ccc21. The van der Waals surface area contributed by atoms with Gasteiger partial charge < -0.3 is 10.6 Å². The first-order valence-electron chi connectivity index (χ1n) is 6.21. The highest BCUT2D eigenvalue weighted by atomic mass is 16.2. The van der Waals surface area contributed by atoms with E-state index >= 15 is 0 Å². The van der Waals surface area contributed by atoms with Crippen LogP contribution in [-0.2, 0) is 0 Å². The number of hydrogen-bond acceptors (Lipinski definition) is 4. The van der Waals surface area contributed by atoms with Crippen molar-refractivity contribution in [3.8, 4) is 0 Å². The quantitative estimate of drug-likeness (QED) is 0.687. The molecule has 0 aliphatic carbocycles. The van der Waals surface area contributed by atoms with Crippen LogP contribution >= 0.6 is 0 Å². The van der Waals surface area contributed by atoms with Crippen LogP contribution in [0.25, 0.3) is 0 Å². The van der Waals surface area contributed by atoms with Crippen LogP contribution < -0.4 is 16.0 Å². The summed E-state index contributed by atoms with van der Waals surface area (Å²) in [6.45, 7) is 1.92. The maximum absolute atomic E-state index is 11.5. The molecule has 94 valence electrons. The molecule has 1 fully saturated rings. The molecule has 5 nitrogen and oxygen atoms in total. The van der Waals surface area contributed by atoms with Gasteiger partial charge in [-0.2, -0.15) is 0 Å². The van der Waals surface area contributed by atoms with Gasteiger partial charge in [-0.05, 0) is 37.6 Å². The van der Waals surface area contributed by atoms with Gasteiger partial charge in [0.15, 0.2) is 0 Å². The summed E-state index contributed by atoms with van der Waals surface area (Å²) >= 11 is 0. The number of anilines is 1. The van der Waals surface area contributed by atoms with Crippen LogP contribution in [0, 0.1) is 0 Å². The van der Waals surface area contributed by atoms with Gasteiger partial charge in [0.05, 0.1) is 11.1 Å². The largest absolute Gasteiger partial charge is 0.383 e. The fourth-order valence-corrected chi connectivity index (χ4v) is 2.45. The number of nitrogens with one attached hydrogen (secondary N) is 3. The van der Waals surface area contributed by atoms with Gasteiger partial charge >= 0.3 is 0 Å². The van der Waals surface area contributed by atoms with E-state index in [0.717, 1.165) is 18.8 Å². The zero-order valence-corrected chi connectivity index (χ0v) is 9.95. The molecule has 1 aromatic rings. The Morgan fingerprint density at radius 1 is 1.22 bits per heavy atom. The van der Waals surface area contributed by atoms with Gasteiger partial charge in [-0.25, -0.2) is 0 Å². The Balaban J connectivity index is 1.72. The Labute approximate surface area is 105 Å². The maximum Gasteiger partial charge on any atom is 0.259 e. The topological polar surface area (TPSA) is 70.2 Å². The summed E-state index contributed by atoms with van der Waals surface area (Å²) < 4.78 is 0. The van der Waals surface area contributed by atoms with E-state index in [9.17, 15) is 9.59 Å². The second-order valence-corrected chi connectivity index (χ2v) is 4.72. The molecule has 2 amide bonds. The standard InChI is InChI=1S/C13H15N3O2/c17-12-10-4-3-8(6-11(10)13(18)16-12)15-7-9-2-1-5-14-9/h3-4,6,9,14-15H,1-2,5,7H2,(H,16,17,18). The number of amides is 2. The molecule has 2 heterocycles. The minimum absolute atomic E-state index is 0.306. The molecular formula is C13H15N3O2. The van der Waals surface area contributed by atoms with Crippen molar-refractivity contribution in [2.45, 2.75) is 18.9 Å². The summed E-state index contributed by atoms with van der Waals surface area (Å²) in [5.74, 6) is -0.614. The van der Waals surface area contributed by atoms with Crippen molar-refractivity contribution < 1.29 is 9.59 Å². The van der Waals surface area contributed by atoms with Crippen LogP contribution in [0.2, 0.25) is 0 Å². The van der Waals surface area contributed by atoms with Crippen LogP contribution in [0.1, 0.15) is 33.6 Å². The zero-order valence-electron chi connectivity index (χ0n) is 9.95. The van der Waals surface area contributed by atoms with Crippen molar-refractivity contribution >= 4 is 17.5 Å². The van der Waals surface area contributed by atoms with E-state index in [1.54, 1.807) is 12.1 Å². The van der Waals surface area contributed by atoms with E-state index in [1.165, 1.54) is 12.8 Å². The van der Waals surface area contributed by atoms with E-state index in [0.29, 0.717) is 17.2 Å². The molecule has 2 aliphatic rings. The van der Waals surface area contributed by atoms with E-state index < -0.39 is 0 Å². The summed E-state index contributed by atoms with van der Waals surface area (Å²) in [6, 6.07) is 5.77. The van der Waals surface area contributed by atoms with Crippen molar-refractivity contribution in [2.24, 2.45) is 0 Å². The molecule has 0 radical (unpaired) electrons. The normalized spacial score (nSPS) is 21.9. The molecule has 3 N–H and O–H groups in total. The van der Waals surface area contributed by atoms with Gasteiger partial charge in [-0.15, -0.1) is 0 Å². The first kappa shape index (κ1) is 11.2. The highest BCUT2D eigenvalue weighted by Crippen LogP contribution is 2.20. The van der Waals surface area contributed by atoms with Crippen LogP contribution in [0.5, 0.6) is 0 Å². The first-order valence-corrected chi connectivity index (χ1v) is 6.21. The van der Waals surface area contributed by atoms with Gasteiger partial charge in [0, 0.05) is 18.3 Å². The summed E-state index contributed by atoms with van der Waals surface area (Å²) in [7, 11) is 0. The first-order chi connectivity index (χ1) is 8.74. The molecule has 0 spiro atoms. The minimum atomic E-state index is -0.308. The molecule has 1 aromatic carbocycles. The number of carbonyl (C=O) groups excluding carboxylic acids is 2. The van der Waals surface area contributed by atoms with Crippen molar-refractivity contribution in [3.63, 3.8) is 0 Å². The fourth-order valence-electron chi connectivity index (χ4n) is 2.45. The summed E-state index contributed by atoms with van der Waals surface area (Å²) in [5.41, 5.74) is 1.81. The van der Waals surface area contributed by atoms with Gasteiger partial charge in [0.1, 0.15) is 0 Å². The van der Waals surface area contributed by atoms with Crippen molar-refractivity contribution in [1.82, 2.24) is 10.6 Å². The van der Waals surface area contributed by atoms with E-state index in [1.807, 2.05) is 6.07 Å². The third-order valence-corrected chi connectivity index (χ3v) is 3.45. The molecule has 18 heavy (non-hydrogen) atoms. The van der Waals surface area contributed by atoms with Crippen LogP contribution in [0.15, 0.2) is 18.2 Å². The second kappa shape index (κ2) is 4.42. The summed E-state index contributed by atoms with van der Waals surface area (Å²) in [5, 5.41) is 8.99. The highest BCUT2D eigenvalue weighted by molar-refractivity contribution is 6.21. The van der Waals surface area contributed by atoms with Crippen LogP contribution in [0.4, 0.5) is 5.69 Å². The Hall–Kier alpha value is -1.88. The lowest BCUT2D eigenvalue weighted by atomic mass is 10.1. The van der Waals surface area contributed by atoms with Crippen LogP contribution in [0.3, 0.4) is 0 Å². The number of fused-ring (bicyclic) bond motifs is 1. The molecule has 5 heteroatoms. The molecule has 0 saturated carbocycles. The van der Waals surface area contributed by atoms with Crippen LogP contribution in [-0.4, -0.2) is 30.9 Å². The molecule has 1 atom stereocenters. The monoisotopic (exact) mass is 245 g/mol. The lowest BCUT2D eigenvalue weighted by molar-refractivity contribution is 0.0879. The number of rotatable bonds is 3. The minimum Gasteiger partial charge on any atom is -0.383 e. The smallest absolute Gasteiger partial charge is 0.259 e. The molecule has 1 saturated heterocycles. The Kier molecular flexibility index (Phi) is 2.76. The zero-order chi connectivity index (χ0) is 12.5. The average Bonchev–Trinajstić information content (AvgIpc) is 2.97. The molecule has 0 bridgehead atoms. The number of benzene rings is 1. The highest BCUT2D eigenvalue weighted by Gasteiger charge is 2.26.